The summed E-state index contributed by atoms with van der Waals surface area (Å²) >= 11 is 0. The van der Waals surface area contributed by atoms with Gasteiger partial charge < -0.3 is 9.84 Å². The number of carbonyl (C=O) groups excluding carboxylic acids is 2. The van der Waals surface area contributed by atoms with E-state index in [0.29, 0.717) is 12.8 Å². The Balaban J connectivity index is 1.68. The van der Waals surface area contributed by atoms with Gasteiger partial charge >= 0.3 is 5.97 Å². The van der Waals surface area contributed by atoms with Crippen LogP contribution in [0, 0.1) is 40.9 Å². The van der Waals surface area contributed by atoms with E-state index in [1.165, 1.54) is 12.1 Å². The highest BCUT2D eigenvalue weighted by atomic mass is 32.2. The van der Waals surface area contributed by atoms with Crippen LogP contribution in [0.15, 0.2) is 41.8 Å². The summed E-state index contributed by atoms with van der Waals surface area (Å²) in [5.41, 5.74) is -1.28. The lowest BCUT2D eigenvalue weighted by atomic mass is 9.49. The van der Waals surface area contributed by atoms with Crippen LogP contribution in [0.1, 0.15) is 58.9 Å². The molecule has 7 nitrogen and oxygen atoms in total. The molecule has 0 aliphatic heterocycles. The summed E-state index contributed by atoms with van der Waals surface area (Å²) in [4.78, 5) is 26.5. The van der Waals surface area contributed by atoms with Crippen molar-refractivity contribution in [2.75, 3.05) is 6.61 Å². The van der Waals surface area contributed by atoms with E-state index in [9.17, 15) is 23.1 Å². The minimum Gasteiger partial charge on any atom is -0.459 e. The topological polar surface area (TPSA) is 107 Å². The first-order valence-electron chi connectivity index (χ1n) is 12.7. The van der Waals surface area contributed by atoms with Crippen molar-refractivity contribution in [2.24, 2.45) is 34.0 Å². The number of aliphatic hydroxyl groups excluding tert-OH is 1. The number of benzene rings is 1. The van der Waals surface area contributed by atoms with E-state index in [2.05, 4.69) is 13.5 Å². The average Bonchev–Trinajstić information content (AvgIpc) is 3.19. The summed E-state index contributed by atoms with van der Waals surface area (Å²) in [6.45, 7) is 12.9. The van der Waals surface area contributed by atoms with E-state index in [0.717, 1.165) is 18.4 Å². The Bertz CT molecular complexity index is 1160. The Morgan fingerprint density at radius 2 is 1.83 bits per heavy atom. The van der Waals surface area contributed by atoms with Crippen molar-refractivity contribution < 1.29 is 32.0 Å². The molecule has 0 radical (unpaired) electrons. The zero-order chi connectivity index (χ0) is 26.7. The molecule has 2 bridgehead atoms. The van der Waals surface area contributed by atoms with Gasteiger partial charge in [0.2, 0.25) is 0 Å². The number of aryl methyl sites for hydroxylation is 1. The second-order valence-electron chi connectivity index (χ2n) is 11.6. The lowest BCUT2D eigenvalue weighted by Gasteiger charge is -2.56. The van der Waals surface area contributed by atoms with Crippen molar-refractivity contribution in [3.63, 3.8) is 0 Å². The quantitative estimate of drug-likeness (QED) is 0.341. The molecule has 4 rings (SSSR count). The fourth-order valence-corrected chi connectivity index (χ4v) is 8.49. The second-order valence-corrected chi connectivity index (χ2v) is 13.3. The van der Waals surface area contributed by atoms with E-state index in [1.807, 2.05) is 27.7 Å². The molecule has 0 heterocycles. The summed E-state index contributed by atoms with van der Waals surface area (Å²) < 4.78 is 36.3. The van der Waals surface area contributed by atoms with Gasteiger partial charge in [-0.05, 0) is 55.6 Å². The van der Waals surface area contributed by atoms with Crippen LogP contribution in [0.4, 0.5) is 0 Å². The molecule has 1 aromatic carbocycles. The van der Waals surface area contributed by atoms with Crippen molar-refractivity contribution in [1.82, 2.24) is 0 Å². The molecule has 3 saturated carbocycles. The highest BCUT2D eigenvalue weighted by Crippen LogP contribution is 2.69. The summed E-state index contributed by atoms with van der Waals surface area (Å²) in [6.07, 6.45) is 2.69. The number of rotatable bonds is 6. The fourth-order valence-electron chi connectivity index (χ4n) is 7.63. The van der Waals surface area contributed by atoms with E-state index >= 15 is 0 Å². The van der Waals surface area contributed by atoms with Crippen LogP contribution in [0.2, 0.25) is 0 Å². The number of hydrogen-bond donors (Lipinski definition) is 1. The second kappa shape index (κ2) is 9.07. The summed E-state index contributed by atoms with van der Waals surface area (Å²) in [5.74, 6) is -1.25. The zero-order valence-electron chi connectivity index (χ0n) is 21.8. The number of ether oxygens (including phenoxy) is 1. The molecule has 0 amide bonds. The molecule has 3 aliphatic rings. The fraction of sp³-hybridized carbons (Fsp3) is 0.643. The Morgan fingerprint density at radius 1 is 1.19 bits per heavy atom. The predicted molar refractivity (Wildman–Crippen MR) is 134 cm³/mol. The van der Waals surface area contributed by atoms with Gasteiger partial charge in [-0.15, -0.1) is 6.58 Å². The molecule has 0 spiro atoms. The third kappa shape index (κ3) is 3.87. The maximum atomic E-state index is 13.4. The van der Waals surface area contributed by atoms with Gasteiger partial charge in [0.15, 0.2) is 6.61 Å². The smallest absolute Gasteiger partial charge is 0.333 e. The number of hydrogen-bond acceptors (Lipinski definition) is 7. The Labute approximate surface area is 214 Å². The third-order valence-corrected chi connectivity index (χ3v) is 11.2. The number of carbonyl (C=O) groups is 2. The van der Waals surface area contributed by atoms with Crippen LogP contribution in [-0.4, -0.2) is 44.1 Å². The lowest BCUT2D eigenvalue weighted by Crippen LogP contribution is -2.58. The molecule has 0 aromatic heterocycles. The van der Waals surface area contributed by atoms with Crippen molar-refractivity contribution in [3.05, 3.63) is 42.5 Å². The Kier molecular flexibility index (Phi) is 6.80. The largest absolute Gasteiger partial charge is 0.459 e. The Hall–Kier alpha value is -2.03. The van der Waals surface area contributed by atoms with Crippen LogP contribution in [0.5, 0.6) is 0 Å². The first-order chi connectivity index (χ1) is 16.7. The Morgan fingerprint density at radius 3 is 2.44 bits per heavy atom. The van der Waals surface area contributed by atoms with Crippen LogP contribution < -0.4 is 0 Å². The van der Waals surface area contributed by atoms with E-state index in [4.69, 9.17) is 8.92 Å². The molecule has 8 heteroatoms. The minimum absolute atomic E-state index is 0.0319. The van der Waals surface area contributed by atoms with Gasteiger partial charge in [-0.2, -0.15) is 8.42 Å². The van der Waals surface area contributed by atoms with Crippen molar-refractivity contribution in [3.8, 4) is 0 Å². The van der Waals surface area contributed by atoms with Crippen LogP contribution in [0.25, 0.3) is 0 Å². The normalized spacial score (nSPS) is 40.3. The first-order valence-corrected chi connectivity index (χ1v) is 14.1. The molecule has 3 fully saturated rings. The van der Waals surface area contributed by atoms with Crippen LogP contribution in [-0.2, 0) is 28.6 Å². The molecule has 198 valence electrons. The number of Topliss-reactive ketones (excluding diaryl/α,β-unsaturated/α-hetero) is 1. The van der Waals surface area contributed by atoms with E-state index in [1.54, 1.807) is 18.2 Å². The molecule has 1 unspecified atom stereocenters. The third-order valence-electron chi connectivity index (χ3n) is 9.94. The maximum absolute atomic E-state index is 13.4. The number of aliphatic hydroxyl groups is 1. The van der Waals surface area contributed by atoms with Crippen LogP contribution >= 0.6 is 0 Å². The first kappa shape index (κ1) is 27.0. The standard InChI is InChI=1S/C28H38O7S/c1-7-26(5)24(31)19(4)28-14-12-18(3)27(6,23(28)21(29)13-15-28)25(26)35-22(30)16-34-36(32,33)20-10-8-17(2)9-11-20/h7-11,18-19,23-25,31H,1,12-16H2,2-6H3/t18?,19-,23-,24-,25+,26-,27+,28-/m0/s1. The van der Waals surface area contributed by atoms with Gasteiger partial charge in [0.05, 0.1) is 11.0 Å². The van der Waals surface area contributed by atoms with Crippen molar-refractivity contribution in [1.29, 1.82) is 0 Å². The molecule has 3 aliphatic carbocycles. The summed E-state index contributed by atoms with van der Waals surface area (Å²) in [6, 6.07) is 6.14. The van der Waals surface area contributed by atoms with E-state index < -0.39 is 45.7 Å². The number of ketones is 1. The van der Waals surface area contributed by atoms with Gasteiger partial charge in [0, 0.05) is 23.2 Å². The molecule has 36 heavy (non-hydrogen) atoms. The molecule has 1 N–H and O–H groups in total. The minimum atomic E-state index is -4.17. The van der Waals surface area contributed by atoms with Crippen LogP contribution in [0.3, 0.4) is 0 Å². The molecular formula is C28H38O7S. The molecule has 8 atom stereocenters. The summed E-state index contributed by atoms with van der Waals surface area (Å²) in [5, 5.41) is 11.7. The highest BCUT2D eigenvalue weighted by Gasteiger charge is 2.71. The van der Waals surface area contributed by atoms with Crippen molar-refractivity contribution >= 4 is 21.9 Å². The summed E-state index contributed by atoms with van der Waals surface area (Å²) in [7, 11) is -4.17. The zero-order valence-corrected chi connectivity index (χ0v) is 22.6. The SMILES string of the molecule is C=C[C@]1(C)[C@@H](OC(=O)COS(=O)(=O)c2ccc(C)cc2)[C@]2(C)C(C)CC[C@]3(CCC(=O)[C@H]32)[C@@H](C)[C@@H]1O. The van der Waals surface area contributed by atoms with E-state index in [-0.39, 0.29) is 33.8 Å². The highest BCUT2D eigenvalue weighted by molar-refractivity contribution is 7.86. The van der Waals surface area contributed by atoms with Gasteiger partial charge in [-0.25, -0.2) is 4.79 Å². The lowest BCUT2D eigenvalue weighted by molar-refractivity contribution is -0.189. The molecule has 1 aromatic rings. The maximum Gasteiger partial charge on any atom is 0.333 e. The average molecular weight is 519 g/mol. The predicted octanol–water partition coefficient (Wildman–Crippen LogP) is 4.22. The number of esters is 1. The molecule has 0 saturated heterocycles. The van der Waals surface area contributed by atoms with Gasteiger partial charge in [-0.3, -0.25) is 8.98 Å². The monoisotopic (exact) mass is 518 g/mol. The van der Waals surface area contributed by atoms with Crippen molar-refractivity contribution in [2.45, 2.75) is 77.4 Å². The van der Waals surface area contributed by atoms with Gasteiger partial charge in [0.25, 0.3) is 10.1 Å². The van der Waals surface area contributed by atoms with Gasteiger partial charge in [0.1, 0.15) is 11.9 Å². The molecular weight excluding hydrogens is 480 g/mol. The van der Waals surface area contributed by atoms with Gasteiger partial charge in [-0.1, -0.05) is 51.5 Å².